The third kappa shape index (κ3) is 4.17. The van der Waals surface area contributed by atoms with Crippen LogP contribution in [0.5, 0.6) is 17.2 Å². The smallest absolute Gasteiger partial charge is 0.222 e. The molecule has 2 rings (SSSR count). The lowest BCUT2D eigenvalue weighted by Gasteiger charge is -2.11. The first kappa shape index (κ1) is 17.9. The molecule has 1 aromatic heterocycles. The number of aromatic nitrogens is 2. The summed E-state index contributed by atoms with van der Waals surface area (Å²) in [6.07, 6.45) is 2.51. The van der Waals surface area contributed by atoms with E-state index >= 15 is 0 Å². The van der Waals surface area contributed by atoms with Crippen molar-refractivity contribution in [3.63, 3.8) is 0 Å². The molecule has 5 nitrogen and oxygen atoms in total. The number of ether oxygens (including phenoxy) is 2. The second-order valence-electron chi connectivity index (χ2n) is 3.68. The van der Waals surface area contributed by atoms with Gasteiger partial charge in [0.2, 0.25) is 5.28 Å². The first-order valence-corrected chi connectivity index (χ1v) is 6.75. The molecule has 0 fully saturated rings. The van der Waals surface area contributed by atoms with Gasteiger partial charge in [-0.2, -0.15) is 0 Å². The average molecular weight is 333 g/mol. The number of methoxy groups -OCH3 is 1. The summed E-state index contributed by atoms with van der Waals surface area (Å²) in [6.45, 7) is 3.54. The molecule has 0 saturated heterocycles. The molecule has 0 bridgehead atoms. The van der Waals surface area contributed by atoms with Gasteiger partial charge in [0.15, 0.2) is 28.9 Å². The maximum absolute atomic E-state index is 13.9. The van der Waals surface area contributed by atoms with Crippen molar-refractivity contribution in [1.82, 2.24) is 9.97 Å². The van der Waals surface area contributed by atoms with Crippen LogP contribution in [0, 0.1) is 11.6 Å². The lowest BCUT2D eigenvalue weighted by atomic mass is 10.2. The van der Waals surface area contributed by atoms with E-state index in [1.807, 2.05) is 13.8 Å². The van der Waals surface area contributed by atoms with Gasteiger partial charge >= 0.3 is 0 Å². The molecule has 0 spiro atoms. The largest absolute Gasteiger partial charge is 0.505 e. The van der Waals surface area contributed by atoms with Crippen LogP contribution >= 0.6 is 11.6 Å². The fourth-order valence-corrected chi connectivity index (χ4v) is 1.55. The minimum Gasteiger partial charge on any atom is -0.505 e. The monoisotopic (exact) mass is 332 g/mol. The van der Waals surface area contributed by atoms with Gasteiger partial charge in [0.1, 0.15) is 6.61 Å². The van der Waals surface area contributed by atoms with Crippen molar-refractivity contribution in [3.05, 3.63) is 40.9 Å². The lowest BCUT2D eigenvalue weighted by Crippen LogP contribution is -2.04. The van der Waals surface area contributed by atoms with Crippen LogP contribution in [0.15, 0.2) is 18.5 Å². The molecule has 0 amide bonds. The van der Waals surface area contributed by atoms with Crippen molar-refractivity contribution < 1.29 is 23.4 Å². The molecule has 8 heteroatoms. The minimum atomic E-state index is -1.11. The summed E-state index contributed by atoms with van der Waals surface area (Å²) in [7, 11) is 1.20. The number of phenols is 1. The fraction of sp³-hybridized carbons (Fsp3) is 0.286. The Balaban J connectivity index is 0.00000116. The molecule has 0 saturated carbocycles. The highest BCUT2D eigenvalue weighted by atomic mass is 35.5. The normalized spacial score (nSPS) is 9.73. The molecular formula is C14H15ClF2N2O3. The summed E-state index contributed by atoms with van der Waals surface area (Å²) in [5.41, 5.74) is -0.461. The molecule has 0 radical (unpaired) electrons. The van der Waals surface area contributed by atoms with Crippen LogP contribution < -0.4 is 9.47 Å². The van der Waals surface area contributed by atoms with E-state index in [1.54, 1.807) is 0 Å². The summed E-state index contributed by atoms with van der Waals surface area (Å²) in [5.74, 6) is -2.89. The Morgan fingerprint density at radius 2 is 1.77 bits per heavy atom. The van der Waals surface area contributed by atoms with E-state index in [9.17, 15) is 13.9 Å². The predicted octanol–water partition coefficient (Wildman–Crippen LogP) is 3.73. The quantitative estimate of drug-likeness (QED) is 0.864. The molecule has 0 aliphatic heterocycles. The second kappa shape index (κ2) is 8.33. The average Bonchev–Trinajstić information content (AvgIpc) is 2.54. The number of nitrogens with zero attached hydrogens (tertiary/aromatic N) is 2. The van der Waals surface area contributed by atoms with Gasteiger partial charge in [0.25, 0.3) is 0 Å². The zero-order chi connectivity index (χ0) is 16.7. The summed E-state index contributed by atoms with van der Waals surface area (Å²) in [5, 5.41) is 9.37. The van der Waals surface area contributed by atoms with E-state index < -0.39 is 29.6 Å². The number of halogens is 3. The molecule has 0 aliphatic rings. The standard InChI is InChI=1S/C12H9ClF2N2O3.C2H6/c1-19-9-2-8(18)10(14)7(11(9)15)5-20-6-3-16-12(13)17-4-6;1-2/h2-4,18H,5H2,1H3;1-2H3. The van der Waals surface area contributed by atoms with Gasteiger partial charge in [-0.15, -0.1) is 0 Å². The van der Waals surface area contributed by atoms with Crippen LogP contribution in [-0.4, -0.2) is 22.2 Å². The molecule has 0 unspecified atom stereocenters. The number of hydrogen-bond donors (Lipinski definition) is 1. The molecular weight excluding hydrogens is 318 g/mol. The Labute approximate surface area is 131 Å². The molecule has 0 atom stereocenters. The lowest BCUT2D eigenvalue weighted by molar-refractivity contribution is 0.281. The zero-order valence-electron chi connectivity index (χ0n) is 12.2. The minimum absolute atomic E-state index is 0.0220. The summed E-state index contributed by atoms with van der Waals surface area (Å²) in [6, 6.07) is 0.847. The number of aromatic hydroxyl groups is 1. The van der Waals surface area contributed by atoms with Gasteiger partial charge in [0.05, 0.1) is 25.1 Å². The highest BCUT2D eigenvalue weighted by molar-refractivity contribution is 6.28. The van der Waals surface area contributed by atoms with Crippen molar-refractivity contribution in [3.8, 4) is 17.2 Å². The first-order chi connectivity index (χ1) is 10.5. The Bertz CT molecular complexity index is 624. The molecule has 1 aromatic carbocycles. The maximum atomic E-state index is 13.9. The van der Waals surface area contributed by atoms with Crippen LogP contribution in [0.4, 0.5) is 8.78 Å². The van der Waals surface area contributed by atoms with E-state index in [0.717, 1.165) is 6.07 Å². The second-order valence-corrected chi connectivity index (χ2v) is 4.02. The van der Waals surface area contributed by atoms with Gasteiger partial charge in [-0.25, -0.2) is 18.7 Å². The zero-order valence-corrected chi connectivity index (χ0v) is 13.0. The Morgan fingerprint density at radius 3 is 2.32 bits per heavy atom. The van der Waals surface area contributed by atoms with Crippen LogP contribution in [0.2, 0.25) is 5.28 Å². The molecule has 1 heterocycles. The van der Waals surface area contributed by atoms with Gasteiger partial charge in [-0.3, -0.25) is 0 Å². The topological polar surface area (TPSA) is 64.5 Å². The fourth-order valence-electron chi connectivity index (χ4n) is 1.46. The van der Waals surface area contributed by atoms with E-state index in [1.165, 1.54) is 19.5 Å². The Kier molecular flexibility index (Phi) is 6.78. The summed E-state index contributed by atoms with van der Waals surface area (Å²) < 4.78 is 37.4. The van der Waals surface area contributed by atoms with Crippen molar-refractivity contribution >= 4 is 11.6 Å². The van der Waals surface area contributed by atoms with Gasteiger partial charge in [0, 0.05) is 6.07 Å². The van der Waals surface area contributed by atoms with Crippen molar-refractivity contribution in [2.24, 2.45) is 0 Å². The Hall–Kier alpha value is -2.15. The van der Waals surface area contributed by atoms with E-state index in [4.69, 9.17) is 16.3 Å². The van der Waals surface area contributed by atoms with Crippen molar-refractivity contribution in [2.45, 2.75) is 20.5 Å². The number of hydrogen-bond acceptors (Lipinski definition) is 5. The highest BCUT2D eigenvalue weighted by Gasteiger charge is 2.19. The third-order valence-corrected chi connectivity index (χ3v) is 2.63. The van der Waals surface area contributed by atoms with Gasteiger partial charge in [-0.05, 0) is 11.6 Å². The summed E-state index contributed by atoms with van der Waals surface area (Å²) in [4.78, 5) is 7.31. The number of benzene rings is 1. The van der Waals surface area contributed by atoms with Crippen LogP contribution in [0.1, 0.15) is 19.4 Å². The van der Waals surface area contributed by atoms with Crippen LogP contribution in [0.3, 0.4) is 0 Å². The summed E-state index contributed by atoms with van der Waals surface area (Å²) >= 11 is 5.49. The van der Waals surface area contributed by atoms with E-state index in [-0.39, 0.29) is 16.8 Å². The molecule has 1 N–H and O–H groups in total. The number of phenolic OH excluding ortho intramolecular Hbond substituents is 1. The van der Waals surface area contributed by atoms with Gasteiger partial charge < -0.3 is 14.6 Å². The molecule has 0 aliphatic carbocycles. The highest BCUT2D eigenvalue weighted by Crippen LogP contribution is 2.31. The van der Waals surface area contributed by atoms with E-state index in [0.29, 0.717) is 0 Å². The number of rotatable bonds is 4. The molecule has 120 valence electrons. The van der Waals surface area contributed by atoms with Gasteiger partial charge in [-0.1, -0.05) is 13.8 Å². The van der Waals surface area contributed by atoms with Crippen molar-refractivity contribution in [1.29, 1.82) is 0 Å². The third-order valence-electron chi connectivity index (χ3n) is 2.44. The predicted molar refractivity (Wildman–Crippen MR) is 77.3 cm³/mol. The van der Waals surface area contributed by atoms with Crippen LogP contribution in [-0.2, 0) is 6.61 Å². The molecule has 2 aromatic rings. The molecule has 22 heavy (non-hydrogen) atoms. The Morgan fingerprint density at radius 1 is 1.18 bits per heavy atom. The van der Waals surface area contributed by atoms with Crippen molar-refractivity contribution in [2.75, 3.05) is 7.11 Å². The first-order valence-electron chi connectivity index (χ1n) is 6.37. The van der Waals surface area contributed by atoms with E-state index in [2.05, 4.69) is 14.7 Å². The SMILES string of the molecule is CC.COc1cc(O)c(F)c(COc2cnc(Cl)nc2)c1F. The van der Waals surface area contributed by atoms with Crippen LogP contribution in [0.25, 0.3) is 0 Å². The maximum Gasteiger partial charge on any atom is 0.222 e.